The lowest BCUT2D eigenvalue weighted by molar-refractivity contribution is 0.151. The van der Waals surface area contributed by atoms with E-state index in [0.717, 1.165) is 30.5 Å². The van der Waals surface area contributed by atoms with E-state index in [1.165, 1.54) is 31.4 Å². The second kappa shape index (κ2) is 6.28. The van der Waals surface area contributed by atoms with E-state index in [2.05, 4.69) is 12.2 Å². The van der Waals surface area contributed by atoms with Gasteiger partial charge in [0.1, 0.15) is 0 Å². The van der Waals surface area contributed by atoms with Gasteiger partial charge in [-0.3, -0.25) is 0 Å². The van der Waals surface area contributed by atoms with Crippen molar-refractivity contribution in [3.8, 4) is 0 Å². The van der Waals surface area contributed by atoms with Gasteiger partial charge in [0.25, 0.3) is 6.43 Å². The van der Waals surface area contributed by atoms with Gasteiger partial charge < -0.3 is 5.32 Å². The van der Waals surface area contributed by atoms with E-state index in [0.29, 0.717) is 0 Å². The first-order valence-corrected chi connectivity index (χ1v) is 6.74. The highest BCUT2D eigenvalue weighted by molar-refractivity contribution is 5.23. The monoisotopic (exact) mass is 253 g/mol. The topological polar surface area (TPSA) is 12.0 Å². The van der Waals surface area contributed by atoms with E-state index in [9.17, 15) is 8.78 Å². The summed E-state index contributed by atoms with van der Waals surface area (Å²) in [4.78, 5) is 0. The first-order chi connectivity index (χ1) is 8.66. The van der Waals surface area contributed by atoms with E-state index in [1.54, 1.807) is 12.1 Å². The molecule has 0 spiro atoms. The Kier molecular flexibility index (Phi) is 4.70. The molecule has 0 saturated heterocycles. The average Bonchev–Trinajstić information content (AvgIpc) is 2.76. The maximum atomic E-state index is 12.4. The number of benzene rings is 1. The standard InChI is InChI=1S/C15H21F2N/c1-11-3-2-4-14(11)10-18-9-12-5-7-13(8-6-12)15(16)17/h5-8,11,14-15,18H,2-4,9-10H2,1H3. The Morgan fingerprint density at radius 1 is 1.22 bits per heavy atom. The number of halogens is 2. The zero-order chi connectivity index (χ0) is 13.0. The molecule has 1 N–H and O–H groups in total. The maximum Gasteiger partial charge on any atom is 0.263 e. The second-order valence-electron chi connectivity index (χ2n) is 5.34. The van der Waals surface area contributed by atoms with Gasteiger partial charge in [-0.05, 0) is 30.4 Å². The smallest absolute Gasteiger partial charge is 0.263 e. The number of rotatable bonds is 5. The molecular weight excluding hydrogens is 232 g/mol. The van der Waals surface area contributed by atoms with Crippen molar-refractivity contribution in [2.75, 3.05) is 6.54 Å². The van der Waals surface area contributed by atoms with Gasteiger partial charge in [0.15, 0.2) is 0 Å². The van der Waals surface area contributed by atoms with Crippen LogP contribution in [-0.4, -0.2) is 6.54 Å². The van der Waals surface area contributed by atoms with Crippen LogP contribution < -0.4 is 5.32 Å². The molecule has 2 rings (SSSR count). The van der Waals surface area contributed by atoms with Gasteiger partial charge >= 0.3 is 0 Å². The van der Waals surface area contributed by atoms with Gasteiger partial charge in [0.05, 0.1) is 0 Å². The van der Waals surface area contributed by atoms with E-state index in [-0.39, 0.29) is 5.56 Å². The summed E-state index contributed by atoms with van der Waals surface area (Å²) in [5, 5.41) is 3.44. The van der Waals surface area contributed by atoms with E-state index < -0.39 is 6.43 Å². The lowest BCUT2D eigenvalue weighted by Gasteiger charge is -2.16. The molecule has 3 heteroatoms. The summed E-state index contributed by atoms with van der Waals surface area (Å²) in [6.45, 7) is 4.13. The van der Waals surface area contributed by atoms with Crippen molar-refractivity contribution in [1.29, 1.82) is 0 Å². The largest absolute Gasteiger partial charge is 0.312 e. The third-order valence-electron chi connectivity index (χ3n) is 4.01. The Morgan fingerprint density at radius 3 is 2.50 bits per heavy atom. The van der Waals surface area contributed by atoms with Crippen LogP contribution in [0.2, 0.25) is 0 Å². The maximum absolute atomic E-state index is 12.4. The Labute approximate surface area is 108 Å². The predicted molar refractivity (Wildman–Crippen MR) is 69.6 cm³/mol. The van der Waals surface area contributed by atoms with Gasteiger partial charge in [-0.2, -0.15) is 0 Å². The van der Waals surface area contributed by atoms with E-state index >= 15 is 0 Å². The average molecular weight is 253 g/mol. The third-order valence-corrected chi connectivity index (χ3v) is 4.01. The highest BCUT2D eigenvalue weighted by Gasteiger charge is 2.22. The van der Waals surface area contributed by atoms with Crippen LogP contribution >= 0.6 is 0 Å². The zero-order valence-corrected chi connectivity index (χ0v) is 10.8. The molecule has 0 aliphatic heterocycles. The first-order valence-electron chi connectivity index (χ1n) is 6.74. The molecule has 1 aliphatic carbocycles. The molecule has 0 bridgehead atoms. The van der Waals surface area contributed by atoms with Gasteiger partial charge in [-0.25, -0.2) is 8.78 Å². The number of alkyl halides is 2. The van der Waals surface area contributed by atoms with Crippen molar-refractivity contribution in [3.63, 3.8) is 0 Å². The van der Waals surface area contributed by atoms with Crippen LogP contribution in [0, 0.1) is 11.8 Å². The van der Waals surface area contributed by atoms with Crippen molar-refractivity contribution in [1.82, 2.24) is 5.32 Å². The lowest BCUT2D eigenvalue weighted by Crippen LogP contribution is -2.23. The molecule has 2 unspecified atom stereocenters. The van der Waals surface area contributed by atoms with E-state index in [4.69, 9.17) is 0 Å². The van der Waals surface area contributed by atoms with Crippen LogP contribution in [0.15, 0.2) is 24.3 Å². The van der Waals surface area contributed by atoms with Crippen molar-refractivity contribution < 1.29 is 8.78 Å². The fraction of sp³-hybridized carbons (Fsp3) is 0.600. The summed E-state index contributed by atoms with van der Waals surface area (Å²) in [6, 6.07) is 6.60. The van der Waals surface area contributed by atoms with E-state index in [1.807, 2.05) is 0 Å². The van der Waals surface area contributed by atoms with Gasteiger partial charge in [-0.1, -0.05) is 44.0 Å². The van der Waals surface area contributed by atoms with Crippen molar-refractivity contribution >= 4 is 0 Å². The Balaban J connectivity index is 1.76. The molecule has 1 aromatic rings. The van der Waals surface area contributed by atoms with Crippen LogP contribution in [-0.2, 0) is 6.54 Å². The summed E-state index contributed by atoms with van der Waals surface area (Å²) in [5.74, 6) is 1.60. The molecule has 0 heterocycles. The molecule has 18 heavy (non-hydrogen) atoms. The van der Waals surface area contributed by atoms with Crippen LogP contribution in [0.1, 0.15) is 43.7 Å². The minimum absolute atomic E-state index is 0.100. The highest BCUT2D eigenvalue weighted by atomic mass is 19.3. The molecule has 0 aromatic heterocycles. The third kappa shape index (κ3) is 3.52. The van der Waals surface area contributed by atoms with Crippen molar-refractivity contribution in [2.45, 2.75) is 39.2 Å². The summed E-state index contributed by atoms with van der Waals surface area (Å²) >= 11 is 0. The van der Waals surface area contributed by atoms with Crippen molar-refractivity contribution in [3.05, 3.63) is 35.4 Å². The molecule has 100 valence electrons. The van der Waals surface area contributed by atoms with Crippen LogP contribution in [0.25, 0.3) is 0 Å². The van der Waals surface area contributed by atoms with Gasteiger partial charge in [0, 0.05) is 12.1 Å². The van der Waals surface area contributed by atoms with Crippen LogP contribution in [0.4, 0.5) is 8.78 Å². The SMILES string of the molecule is CC1CCCC1CNCc1ccc(C(F)F)cc1. The fourth-order valence-corrected chi connectivity index (χ4v) is 2.71. The normalized spacial score (nSPS) is 23.8. The number of nitrogens with one attached hydrogen (secondary N) is 1. The Bertz CT molecular complexity index is 361. The summed E-state index contributed by atoms with van der Waals surface area (Å²) in [5.41, 5.74) is 1.17. The summed E-state index contributed by atoms with van der Waals surface area (Å²) in [7, 11) is 0. The molecular formula is C15H21F2N. The first kappa shape index (κ1) is 13.5. The minimum atomic E-state index is -2.37. The molecule has 1 saturated carbocycles. The number of hydrogen-bond acceptors (Lipinski definition) is 1. The molecule has 1 aromatic carbocycles. The van der Waals surface area contributed by atoms with Gasteiger partial charge in [0.2, 0.25) is 0 Å². The summed E-state index contributed by atoms with van der Waals surface area (Å²) < 4.78 is 24.8. The quantitative estimate of drug-likeness (QED) is 0.831. The Morgan fingerprint density at radius 2 is 1.94 bits per heavy atom. The van der Waals surface area contributed by atoms with Crippen LogP contribution in [0.5, 0.6) is 0 Å². The molecule has 0 radical (unpaired) electrons. The predicted octanol–water partition coefficient (Wildman–Crippen LogP) is 4.15. The number of hydrogen-bond donors (Lipinski definition) is 1. The highest BCUT2D eigenvalue weighted by Crippen LogP contribution is 2.30. The summed E-state index contributed by atoms with van der Waals surface area (Å²) in [6.07, 6.45) is 1.64. The zero-order valence-electron chi connectivity index (χ0n) is 10.8. The lowest BCUT2D eigenvalue weighted by atomic mass is 9.98. The van der Waals surface area contributed by atoms with Gasteiger partial charge in [-0.15, -0.1) is 0 Å². The molecule has 1 nitrogen and oxygen atoms in total. The molecule has 0 amide bonds. The second-order valence-corrected chi connectivity index (χ2v) is 5.34. The minimum Gasteiger partial charge on any atom is -0.312 e. The molecule has 1 fully saturated rings. The molecule has 1 aliphatic rings. The van der Waals surface area contributed by atoms with Crippen molar-refractivity contribution in [2.24, 2.45) is 11.8 Å². The van der Waals surface area contributed by atoms with Crippen LogP contribution in [0.3, 0.4) is 0 Å². The fourth-order valence-electron chi connectivity index (χ4n) is 2.71. The molecule has 2 atom stereocenters. The Hall–Kier alpha value is -0.960.